The second-order valence-corrected chi connectivity index (χ2v) is 11.2. The number of fused-ring (bicyclic) bond motifs is 6. The van der Waals surface area contributed by atoms with Crippen molar-refractivity contribution in [3.8, 4) is 22.6 Å². The molecule has 45 heavy (non-hydrogen) atoms. The lowest BCUT2D eigenvalue weighted by Crippen LogP contribution is -2.10. The van der Waals surface area contributed by atoms with Crippen LogP contribution in [0, 0.1) is 0 Å². The van der Waals surface area contributed by atoms with Crippen LogP contribution in [0.4, 0.5) is 17.1 Å². The van der Waals surface area contributed by atoms with E-state index >= 15 is 0 Å². The third-order valence-electron chi connectivity index (χ3n) is 8.50. The molecule has 0 bridgehead atoms. The van der Waals surface area contributed by atoms with Crippen LogP contribution in [0.1, 0.15) is 0 Å². The van der Waals surface area contributed by atoms with Crippen molar-refractivity contribution in [3.63, 3.8) is 0 Å². The van der Waals surface area contributed by atoms with Gasteiger partial charge < -0.3 is 13.7 Å². The minimum absolute atomic E-state index is 0.580. The lowest BCUT2D eigenvalue weighted by atomic mass is 10.0. The van der Waals surface area contributed by atoms with Gasteiger partial charge in [-0.25, -0.2) is 4.98 Å². The Kier molecular flexibility index (Phi) is 5.78. The number of anilines is 3. The molecule has 0 fully saturated rings. The molecule has 0 amide bonds. The second kappa shape index (κ2) is 10.2. The van der Waals surface area contributed by atoms with Crippen molar-refractivity contribution in [2.75, 3.05) is 4.90 Å². The molecule has 0 spiro atoms. The molecule has 4 nitrogen and oxygen atoms in total. The predicted octanol–water partition coefficient (Wildman–Crippen LogP) is 11.7. The van der Waals surface area contributed by atoms with Crippen molar-refractivity contribution in [1.82, 2.24) is 4.98 Å². The van der Waals surface area contributed by atoms with Gasteiger partial charge in [0.25, 0.3) is 0 Å². The Morgan fingerprint density at radius 3 is 2.00 bits per heavy atom. The largest absolute Gasteiger partial charge is 0.454 e. The van der Waals surface area contributed by atoms with Crippen LogP contribution in [0.3, 0.4) is 0 Å². The summed E-state index contributed by atoms with van der Waals surface area (Å²) in [5, 5.41) is 4.21. The Morgan fingerprint density at radius 1 is 0.467 bits per heavy atom. The van der Waals surface area contributed by atoms with Crippen molar-refractivity contribution in [1.29, 1.82) is 0 Å². The maximum Gasteiger partial charge on any atom is 0.228 e. The van der Waals surface area contributed by atoms with Crippen molar-refractivity contribution in [3.05, 3.63) is 158 Å². The number of furan rings is 1. The first-order valence-electron chi connectivity index (χ1n) is 15.1. The van der Waals surface area contributed by atoms with Gasteiger partial charge in [-0.1, -0.05) is 109 Å². The van der Waals surface area contributed by atoms with Crippen molar-refractivity contribution in [2.45, 2.75) is 0 Å². The van der Waals surface area contributed by atoms with E-state index in [4.69, 9.17) is 13.8 Å². The van der Waals surface area contributed by atoms with E-state index in [9.17, 15) is 0 Å². The summed E-state index contributed by atoms with van der Waals surface area (Å²) in [5.74, 6) is 0.580. The summed E-state index contributed by atoms with van der Waals surface area (Å²) in [4.78, 5) is 7.27. The molecule has 0 saturated heterocycles. The minimum Gasteiger partial charge on any atom is -0.454 e. The van der Waals surface area contributed by atoms with Gasteiger partial charge in [-0.05, 0) is 65.0 Å². The van der Waals surface area contributed by atoms with E-state index in [0.29, 0.717) is 5.89 Å². The number of benzene rings is 7. The van der Waals surface area contributed by atoms with Gasteiger partial charge in [0.15, 0.2) is 11.2 Å². The SMILES string of the molecule is c1ccc(-c2ccc(N(c3ccccc3)c3cccc4c3oc3cccc(-c5nc6c(ccc7ccccc76)o5)c34)cc2)cc1. The molecule has 2 aromatic heterocycles. The fourth-order valence-corrected chi connectivity index (χ4v) is 6.40. The topological polar surface area (TPSA) is 42.4 Å². The summed E-state index contributed by atoms with van der Waals surface area (Å²) in [6.45, 7) is 0. The average molecular weight is 579 g/mol. The summed E-state index contributed by atoms with van der Waals surface area (Å²) in [7, 11) is 0. The van der Waals surface area contributed by atoms with Gasteiger partial charge in [0.05, 0.1) is 5.69 Å². The van der Waals surface area contributed by atoms with Gasteiger partial charge in [-0.3, -0.25) is 0 Å². The molecule has 9 aromatic rings. The molecule has 0 unspecified atom stereocenters. The molecule has 0 aliphatic rings. The summed E-state index contributed by atoms with van der Waals surface area (Å²) < 4.78 is 13.1. The summed E-state index contributed by atoms with van der Waals surface area (Å²) in [6.07, 6.45) is 0. The number of oxazole rings is 1. The average Bonchev–Trinajstić information content (AvgIpc) is 3.73. The molecule has 2 heterocycles. The van der Waals surface area contributed by atoms with E-state index in [1.54, 1.807) is 0 Å². The highest BCUT2D eigenvalue weighted by molar-refractivity contribution is 6.15. The molecule has 9 rings (SSSR count). The second-order valence-electron chi connectivity index (χ2n) is 11.2. The van der Waals surface area contributed by atoms with Crippen LogP contribution in [0.15, 0.2) is 167 Å². The number of hydrogen-bond acceptors (Lipinski definition) is 4. The quantitative estimate of drug-likeness (QED) is 0.204. The Hall–Kier alpha value is -6.13. The highest BCUT2D eigenvalue weighted by Gasteiger charge is 2.22. The van der Waals surface area contributed by atoms with E-state index in [0.717, 1.165) is 66.4 Å². The highest BCUT2D eigenvalue weighted by Crippen LogP contribution is 2.45. The molecule has 0 saturated carbocycles. The van der Waals surface area contributed by atoms with Crippen LogP contribution >= 0.6 is 0 Å². The van der Waals surface area contributed by atoms with E-state index in [1.165, 1.54) is 11.1 Å². The summed E-state index contributed by atoms with van der Waals surface area (Å²) in [5.41, 5.74) is 9.53. The first-order valence-corrected chi connectivity index (χ1v) is 15.1. The van der Waals surface area contributed by atoms with Crippen molar-refractivity contribution in [2.24, 2.45) is 0 Å². The maximum absolute atomic E-state index is 6.70. The third-order valence-corrected chi connectivity index (χ3v) is 8.50. The van der Waals surface area contributed by atoms with Crippen LogP contribution < -0.4 is 4.90 Å². The molecular weight excluding hydrogens is 552 g/mol. The number of para-hydroxylation sites is 2. The molecule has 4 heteroatoms. The van der Waals surface area contributed by atoms with Crippen molar-refractivity contribution >= 4 is 60.9 Å². The predicted molar refractivity (Wildman–Crippen MR) is 184 cm³/mol. The van der Waals surface area contributed by atoms with Gasteiger partial charge >= 0.3 is 0 Å². The highest BCUT2D eigenvalue weighted by atomic mass is 16.3. The summed E-state index contributed by atoms with van der Waals surface area (Å²) in [6, 6.07) is 54.3. The molecule has 0 N–H and O–H groups in total. The Labute approximate surface area is 259 Å². The van der Waals surface area contributed by atoms with E-state index < -0.39 is 0 Å². The Morgan fingerprint density at radius 2 is 1.16 bits per heavy atom. The summed E-state index contributed by atoms with van der Waals surface area (Å²) >= 11 is 0. The lowest BCUT2D eigenvalue weighted by Gasteiger charge is -2.25. The first-order chi connectivity index (χ1) is 22.3. The molecular formula is C41H26N2O2. The van der Waals surface area contributed by atoms with Crippen LogP contribution in [0.25, 0.3) is 66.4 Å². The molecule has 7 aromatic carbocycles. The number of rotatable bonds is 5. The van der Waals surface area contributed by atoms with E-state index in [1.807, 2.05) is 42.5 Å². The number of hydrogen-bond donors (Lipinski definition) is 0. The monoisotopic (exact) mass is 578 g/mol. The molecule has 0 aliphatic heterocycles. The van der Waals surface area contributed by atoms with Gasteiger partial charge in [-0.2, -0.15) is 0 Å². The normalized spacial score (nSPS) is 11.6. The smallest absolute Gasteiger partial charge is 0.228 e. The standard InChI is InChI=1S/C41H26N2O2/c1-3-11-27(12-4-1)28-21-24-31(25-22-28)43(30-14-5-2-6-15-30)35-19-9-17-33-38-34(18-10-20-36(38)44-40(33)35)41-42-39-32-16-8-7-13-29(32)23-26-37(39)45-41/h1-26H. The van der Waals surface area contributed by atoms with Gasteiger partial charge in [0.2, 0.25) is 5.89 Å². The van der Waals surface area contributed by atoms with Crippen LogP contribution in [-0.2, 0) is 0 Å². The van der Waals surface area contributed by atoms with Crippen LogP contribution in [0.2, 0.25) is 0 Å². The number of aromatic nitrogens is 1. The lowest BCUT2D eigenvalue weighted by molar-refractivity contribution is 0.620. The molecule has 0 atom stereocenters. The number of nitrogens with zero attached hydrogens (tertiary/aromatic N) is 2. The maximum atomic E-state index is 6.70. The first kappa shape index (κ1) is 25.4. The molecule has 0 radical (unpaired) electrons. The fraction of sp³-hybridized carbons (Fsp3) is 0. The van der Waals surface area contributed by atoms with Gasteiger partial charge in [-0.15, -0.1) is 0 Å². The molecule has 0 aliphatic carbocycles. The zero-order chi connectivity index (χ0) is 29.7. The van der Waals surface area contributed by atoms with Crippen LogP contribution in [0.5, 0.6) is 0 Å². The van der Waals surface area contributed by atoms with Crippen LogP contribution in [-0.4, -0.2) is 4.98 Å². The zero-order valence-corrected chi connectivity index (χ0v) is 24.2. The zero-order valence-electron chi connectivity index (χ0n) is 24.2. The Bertz CT molecular complexity index is 2480. The van der Waals surface area contributed by atoms with Gasteiger partial charge in [0, 0.05) is 33.1 Å². The fourth-order valence-electron chi connectivity index (χ4n) is 6.40. The Balaban J connectivity index is 1.23. The van der Waals surface area contributed by atoms with E-state index in [-0.39, 0.29) is 0 Å². The van der Waals surface area contributed by atoms with Gasteiger partial charge in [0.1, 0.15) is 11.1 Å². The van der Waals surface area contributed by atoms with E-state index in [2.05, 4.69) is 120 Å². The third kappa shape index (κ3) is 4.19. The molecule has 212 valence electrons. The minimum atomic E-state index is 0.580. The van der Waals surface area contributed by atoms with Crippen molar-refractivity contribution < 1.29 is 8.83 Å².